The Morgan fingerprint density at radius 1 is 1.25 bits per heavy atom. The zero-order valence-corrected chi connectivity index (χ0v) is 13.6. The van der Waals surface area contributed by atoms with Crippen molar-refractivity contribution in [2.45, 2.75) is 6.92 Å². The number of para-hydroxylation sites is 1. The number of halogens is 1. The van der Waals surface area contributed by atoms with Crippen molar-refractivity contribution in [3.05, 3.63) is 63.9 Å². The predicted octanol–water partition coefficient (Wildman–Crippen LogP) is 3.61. The standard InChI is InChI=1S/C17H14ClN3O3/c1-2-24-17(23)20-16-19-14-10-11(18)8-9-13(14)15(22)21(16)12-6-4-3-5-7-12/h3-10H,2H2,1H3,(H,19,20,23). The molecule has 0 saturated heterocycles. The average Bonchev–Trinajstić information content (AvgIpc) is 2.55. The SMILES string of the molecule is CCOC(=O)Nc1nc2cc(Cl)ccc2c(=O)n1-c1ccccc1. The van der Waals surface area contributed by atoms with Crippen LogP contribution in [0.3, 0.4) is 0 Å². The van der Waals surface area contributed by atoms with Gasteiger partial charge in [-0.2, -0.15) is 0 Å². The number of hydrogen-bond acceptors (Lipinski definition) is 4. The van der Waals surface area contributed by atoms with E-state index in [1.165, 1.54) is 4.57 Å². The van der Waals surface area contributed by atoms with Gasteiger partial charge in [0.05, 0.1) is 23.2 Å². The molecule has 7 heteroatoms. The van der Waals surface area contributed by atoms with Crippen molar-refractivity contribution in [1.82, 2.24) is 9.55 Å². The van der Waals surface area contributed by atoms with Crippen LogP contribution in [0.2, 0.25) is 5.02 Å². The molecule has 0 aliphatic rings. The van der Waals surface area contributed by atoms with Crippen molar-refractivity contribution in [3.63, 3.8) is 0 Å². The van der Waals surface area contributed by atoms with E-state index in [4.69, 9.17) is 16.3 Å². The number of anilines is 1. The number of rotatable bonds is 3. The molecule has 0 bridgehead atoms. The minimum atomic E-state index is -0.685. The van der Waals surface area contributed by atoms with Crippen LogP contribution in [0.25, 0.3) is 16.6 Å². The molecule has 0 spiro atoms. The van der Waals surface area contributed by atoms with Crippen LogP contribution in [-0.4, -0.2) is 22.3 Å². The minimum absolute atomic E-state index is 0.0689. The van der Waals surface area contributed by atoms with Crippen molar-refractivity contribution in [3.8, 4) is 5.69 Å². The van der Waals surface area contributed by atoms with Gasteiger partial charge < -0.3 is 4.74 Å². The van der Waals surface area contributed by atoms with E-state index in [1.807, 2.05) is 6.07 Å². The van der Waals surface area contributed by atoms with E-state index >= 15 is 0 Å². The summed E-state index contributed by atoms with van der Waals surface area (Å²) in [7, 11) is 0. The van der Waals surface area contributed by atoms with Crippen LogP contribution in [0.4, 0.5) is 10.7 Å². The van der Waals surface area contributed by atoms with Crippen molar-refractivity contribution < 1.29 is 9.53 Å². The normalized spacial score (nSPS) is 10.6. The Morgan fingerprint density at radius 3 is 2.71 bits per heavy atom. The molecule has 3 aromatic rings. The smallest absolute Gasteiger partial charge is 0.413 e. The summed E-state index contributed by atoms with van der Waals surface area (Å²) in [4.78, 5) is 29.0. The molecule has 24 heavy (non-hydrogen) atoms. The van der Waals surface area contributed by atoms with Gasteiger partial charge in [0, 0.05) is 5.02 Å². The molecule has 1 N–H and O–H groups in total. The molecule has 1 amide bonds. The second-order valence-corrected chi connectivity index (χ2v) is 5.35. The lowest BCUT2D eigenvalue weighted by Crippen LogP contribution is -2.26. The Labute approximate surface area is 142 Å². The number of nitrogens with zero attached hydrogens (tertiary/aromatic N) is 2. The van der Waals surface area contributed by atoms with Crippen LogP contribution in [-0.2, 0) is 4.74 Å². The molecule has 0 fully saturated rings. The van der Waals surface area contributed by atoms with Gasteiger partial charge in [-0.05, 0) is 37.3 Å². The van der Waals surface area contributed by atoms with E-state index in [1.54, 1.807) is 49.4 Å². The fraction of sp³-hybridized carbons (Fsp3) is 0.118. The quantitative estimate of drug-likeness (QED) is 0.788. The number of carbonyl (C=O) groups is 1. The molecular formula is C17H14ClN3O3. The summed E-state index contributed by atoms with van der Waals surface area (Å²) in [5.74, 6) is 0.0689. The van der Waals surface area contributed by atoms with Gasteiger partial charge in [-0.3, -0.25) is 10.1 Å². The number of amides is 1. The Hall–Kier alpha value is -2.86. The maximum atomic E-state index is 12.9. The number of hydrogen-bond donors (Lipinski definition) is 1. The van der Waals surface area contributed by atoms with E-state index in [2.05, 4.69) is 10.3 Å². The Morgan fingerprint density at radius 2 is 2.00 bits per heavy atom. The number of fused-ring (bicyclic) bond motifs is 1. The van der Waals surface area contributed by atoms with Crippen LogP contribution in [0.1, 0.15) is 6.92 Å². The number of carbonyl (C=O) groups excluding carboxylic acids is 1. The molecule has 1 aromatic heterocycles. The second kappa shape index (κ2) is 6.72. The van der Waals surface area contributed by atoms with Gasteiger partial charge in [0.2, 0.25) is 5.95 Å². The van der Waals surface area contributed by atoms with Gasteiger partial charge in [0.25, 0.3) is 5.56 Å². The number of nitrogens with one attached hydrogen (secondary N) is 1. The van der Waals surface area contributed by atoms with Gasteiger partial charge in [0.15, 0.2) is 0 Å². The average molecular weight is 344 g/mol. The van der Waals surface area contributed by atoms with Crippen LogP contribution in [0.5, 0.6) is 0 Å². The van der Waals surface area contributed by atoms with Crippen molar-refractivity contribution in [1.29, 1.82) is 0 Å². The number of ether oxygens (including phenoxy) is 1. The predicted molar refractivity (Wildman–Crippen MR) is 93.0 cm³/mol. The first-order chi connectivity index (χ1) is 11.6. The lowest BCUT2D eigenvalue weighted by Gasteiger charge is -2.14. The van der Waals surface area contributed by atoms with Crippen LogP contribution in [0.15, 0.2) is 53.3 Å². The number of aromatic nitrogens is 2. The van der Waals surface area contributed by atoms with E-state index in [0.29, 0.717) is 21.6 Å². The largest absolute Gasteiger partial charge is 0.450 e. The molecule has 6 nitrogen and oxygen atoms in total. The third kappa shape index (κ3) is 3.09. The summed E-state index contributed by atoms with van der Waals surface area (Å²) in [6.07, 6.45) is -0.685. The molecule has 3 rings (SSSR count). The molecule has 0 radical (unpaired) electrons. The van der Waals surface area contributed by atoms with Crippen LogP contribution in [0, 0.1) is 0 Å². The van der Waals surface area contributed by atoms with Crippen molar-refractivity contribution in [2.75, 3.05) is 11.9 Å². The van der Waals surface area contributed by atoms with Gasteiger partial charge in [-0.1, -0.05) is 29.8 Å². The van der Waals surface area contributed by atoms with E-state index < -0.39 is 6.09 Å². The summed E-state index contributed by atoms with van der Waals surface area (Å²) in [6.45, 7) is 1.90. The topological polar surface area (TPSA) is 73.2 Å². The molecule has 0 saturated carbocycles. The van der Waals surface area contributed by atoms with Gasteiger partial charge in [-0.15, -0.1) is 0 Å². The Bertz CT molecular complexity index is 954. The Kier molecular flexibility index (Phi) is 4.48. The maximum Gasteiger partial charge on any atom is 0.413 e. The fourth-order valence-electron chi connectivity index (χ4n) is 2.32. The monoisotopic (exact) mass is 343 g/mol. The summed E-state index contributed by atoms with van der Waals surface area (Å²) in [6, 6.07) is 13.7. The van der Waals surface area contributed by atoms with E-state index in [0.717, 1.165) is 0 Å². The third-order valence-corrected chi connectivity index (χ3v) is 3.57. The van der Waals surface area contributed by atoms with Crippen molar-refractivity contribution >= 4 is 34.5 Å². The highest BCUT2D eigenvalue weighted by Gasteiger charge is 2.15. The molecule has 2 aromatic carbocycles. The molecule has 122 valence electrons. The van der Waals surface area contributed by atoms with E-state index in [9.17, 15) is 9.59 Å². The molecular weight excluding hydrogens is 330 g/mol. The minimum Gasteiger partial charge on any atom is -0.450 e. The van der Waals surface area contributed by atoms with Crippen LogP contribution >= 0.6 is 11.6 Å². The molecule has 0 atom stereocenters. The Balaban J connectivity index is 2.26. The molecule has 0 unspecified atom stereocenters. The van der Waals surface area contributed by atoms with Gasteiger partial charge in [-0.25, -0.2) is 14.3 Å². The zero-order valence-electron chi connectivity index (χ0n) is 12.8. The third-order valence-electron chi connectivity index (χ3n) is 3.34. The summed E-state index contributed by atoms with van der Waals surface area (Å²) in [5, 5.41) is 3.36. The zero-order chi connectivity index (χ0) is 17.1. The lowest BCUT2D eigenvalue weighted by molar-refractivity contribution is 0.167. The first-order valence-corrected chi connectivity index (χ1v) is 7.69. The van der Waals surface area contributed by atoms with E-state index in [-0.39, 0.29) is 18.1 Å². The van der Waals surface area contributed by atoms with Crippen molar-refractivity contribution in [2.24, 2.45) is 0 Å². The highest BCUT2D eigenvalue weighted by atomic mass is 35.5. The first-order valence-electron chi connectivity index (χ1n) is 7.31. The van der Waals surface area contributed by atoms with Gasteiger partial charge >= 0.3 is 6.09 Å². The summed E-state index contributed by atoms with van der Waals surface area (Å²) in [5.41, 5.74) is 0.666. The molecule has 1 heterocycles. The highest BCUT2D eigenvalue weighted by Crippen LogP contribution is 2.19. The maximum absolute atomic E-state index is 12.9. The lowest BCUT2D eigenvalue weighted by atomic mass is 10.2. The first kappa shape index (κ1) is 16.0. The molecule has 0 aliphatic carbocycles. The molecule has 0 aliphatic heterocycles. The van der Waals surface area contributed by atoms with Gasteiger partial charge in [0.1, 0.15) is 0 Å². The van der Waals surface area contributed by atoms with Crippen LogP contribution < -0.4 is 10.9 Å². The highest BCUT2D eigenvalue weighted by molar-refractivity contribution is 6.31. The second-order valence-electron chi connectivity index (χ2n) is 4.92. The fourth-order valence-corrected chi connectivity index (χ4v) is 2.48. The summed E-state index contributed by atoms with van der Waals surface area (Å²) < 4.78 is 6.21. The number of benzene rings is 2. The summed E-state index contributed by atoms with van der Waals surface area (Å²) >= 11 is 5.97.